The summed E-state index contributed by atoms with van der Waals surface area (Å²) in [4.78, 5) is 24.9. The second kappa shape index (κ2) is 8.20. The summed E-state index contributed by atoms with van der Waals surface area (Å²) in [5, 5.41) is 2.66. The average molecular weight is 371 g/mol. The topological polar surface area (TPSA) is 64.6 Å². The molecule has 2 aromatic carbocycles. The second-order valence-corrected chi connectivity index (χ2v) is 6.62. The first-order valence-electron chi connectivity index (χ1n) is 8.91. The van der Waals surface area contributed by atoms with Gasteiger partial charge in [-0.1, -0.05) is 31.0 Å². The third kappa shape index (κ3) is 4.10. The van der Waals surface area contributed by atoms with Gasteiger partial charge in [0.1, 0.15) is 11.6 Å². The summed E-state index contributed by atoms with van der Waals surface area (Å²) in [6.45, 7) is -0.416. The van der Waals surface area contributed by atoms with E-state index in [0.29, 0.717) is 29.8 Å². The zero-order chi connectivity index (χ0) is 19.3. The zero-order valence-corrected chi connectivity index (χ0v) is 15.2. The molecule has 0 atom stereocenters. The second-order valence-electron chi connectivity index (χ2n) is 6.62. The maximum absolute atomic E-state index is 14.3. The molecule has 1 fully saturated rings. The van der Waals surface area contributed by atoms with Crippen LogP contribution in [0.3, 0.4) is 0 Å². The van der Waals surface area contributed by atoms with E-state index < -0.39 is 29.7 Å². The molecular formula is C21H22FNO4. The van der Waals surface area contributed by atoms with Crippen molar-refractivity contribution in [3.8, 4) is 5.75 Å². The fourth-order valence-electron chi connectivity index (χ4n) is 3.55. The lowest BCUT2D eigenvalue weighted by Gasteiger charge is -2.27. The smallest absolute Gasteiger partial charge is 0.317 e. The van der Waals surface area contributed by atoms with Crippen LogP contribution in [0.15, 0.2) is 48.5 Å². The Bertz CT molecular complexity index is 813. The Morgan fingerprint density at radius 3 is 2.37 bits per heavy atom. The molecule has 0 unspecified atom stereocenters. The number of nitrogens with one attached hydrogen (secondary N) is 1. The van der Waals surface area contributed by atoms with Gasteiger partial charge in [0, 0.05) is 11.3 Å². The highest BCUT2D eigenvalue weighted by Gasteiger charge is 2.45. The molecule has 0 aliphatic heterocycles. The van der Waals surface area contributed by atoms with Crippen LogP contribution in [0.2, 0.25) is 0 Å². The number of carbonyl (C=O) groups excluding carboxylic acids is 2. The summed E-state index contributed by atoms with van der Waals surface area (Å²) in [6.07, 6.45) is 2.68. The van der Waals surface area contributed by atoms with E-state index in [1.807, 2.05) is 0 Å². The monoisotopic (exact) mass is 371 g/mol. The number of amides is 1. The van der Waals surface area contributed by atoms with Gasteiger partial charge in [-0.3, -0.25) is 9.59 Å². The van der Waals surface area contributed by atoms with Crippen molar-refractivity contribution >= 4 is 17.6 Å². The lowest BCUT2D eigenvalue weighted by Crippen LogP contribution is -2.37. The van der Waals surface area contributed by atoms with Crippen LogP contribution in [0.4, 0.5) is 10.1 Å². The summed E-state index contributed by atoms with van der Waals surface area (Å²) in [6, 6.07) is 13.1. The largest absolute Gasteiger partial charge is 0.497 e. The number of ether oxygens (including phenoxy) is 2. The molecule has 3 rings (SSSR count). The van der Waals surface area contributed by atoms with Crippen molar-refractivity contribution in [1.29, 1.82) is 0 Å². The highest BCUT2D eigenvalue weighted by Crippen LogP contribution is 2.43. The Balaban J connectivity index is 1.64. The van der Waals surface area contributed by atoms with Crippen molar-refractivity contribution in [3.63, 3.8) is 0 Å². The first-order valence-corrected chi connectivity index (χ1v) is 8.91. The molecule has 0 radical (unpaired) electrons. The number of hydrogen-bond acceptors (Lipinski definition) is 4. The molecule has 1 amide bonds. The standard InChI is InChI=1S/C21H22FNO4/c1-26-16-10-8-15(9-11-16)23-19(24)14-27-20(25)21(12-4-5-13-21)17-6-2-3-7-18(17)22/h2-3,6-11H,4-5,12-14H2,1H3,(H,23,24). The van der Waals surface area contributed by atoms with Crippen molar-refractivity contribution in [1.82, 2.24) is 0 Å². The van der Waals surface area contributed by atoms with Gasteiger partial charge in [-0.05, 0) is 43.2 Å². The summed E-state index contributed by atoms with van der Waals surface area (Å²) in [5.41, 5.74) is -0.0873. The molecule has 1 aliphatic rings. The Morgan fingerprint density at radius 1 is 1.07 bits per heavy atom. The minimum atomic E-state index is -1.01. The van der Waals surface area contributed by atoms with E-state index >= 15 is 0 Å². The van der Waals surface area contributed by atoms with Crippen molar-refractivity contribution in [3.05, 3.63) is 59.9 Å². The van der Waals surface area contributed by atoms with Crippen LogP contribution in [-0.4, -0.2) is 25.6 Å². The number of anilines is 1. The number of methoxy groups -OCH3 is 1. The number of carbonyl (C=O) groups is 2. The van der Waals surface area contributed by atoms with Crippen molar-refractivity contribution < 1.29 is 23.5 Å². The minimum Gasteiger partial charge on any atom is -0.497 e. The molecule has 27 heavy (non-hydrogen) atoms. The molecule has 2 aromatic rings. The lowest BCUT2D eigenvalue weighted by atomic mass is 9.78. The number of esters is 1. The SMILES string of the molecule is COc1ccc(NC(=O)COC(=O)C2(c3ccccc3F)CCCC2)cc1. The van der Waals surface area contributed by atoms with Crippen LogP contribution in [0.25, 0.3) is 0 Å². The maximum Gasteiger partial charge on any atom is 0.317 e. The van der Waals surface area contributed by atoms with Crippen LogP contribution >= 0.6 is 0 Å². The predicted molar refractivity (Wildman–Crippen MR) is 99.1 cm³/mol. The zero-order valence-electron chi connectivity index (χ0n) is 15.2. The molecule has 0 saturated heterocycles. The molecule has 1 N–H and O–H groups in total. The molecule has 0 spiro atoms. The fourth-order valence-corrected chi connectivity index (χ4v) is 3.55. The highest BCUT2D eigenvalue weighted by molar-refractivity contribution is 5.94. The first kappa shape index (κ1) is 18.9. The van der Waals surface area contributed by atoms with Crippen LogP contribution in [0, 0.1) is 5.82 Å². The third-order valence-electron chi connectivity index (χ3n) is 4.95. The Labute approximate surface area is 157 Å². The molecule has 0 bridgehead atoms. The fraction of sp³-hybridized carbons (Fsp3) is 0.333. The van der Waals surface area contributed by atoms with Gasteiger partial charge >= 0.3 is 5.97 Å². The molecule has 0 aromatic heterocycles. The first-order chi connectivity index (χ1) is 13.0. The van der Waals surface area contributed by atoms with Crippen LogP contribution < -0.4 is 10.1 Å². The normalized spacial score (nSPS) is 15.2. The van der Waals surface area contributed by atoms with Crippen LogP contribution in [0.5, 0.6) is 5.75 Å². The van der Waals surface area contributed by atoms with Gasteiger partial charge in [-0.25, -0.2) is 4.39 Å². The van der Waals surface area contributed by atoms with E-state index in [0.717, 1.165) is 12.8 Å². The van der Waals surface area contributed by atoms with Crippen LogP contribution in [0.1, 0.15) is 31.2 Å². The van der Waals surface area contributed by atoms with Crippen molar-refractivity contribution in [2.75, 3.05) is 19.0 Å². The lowest BCUT2D eigenvalue weighted by molar-refractivity contribution is -0.153. The quantitative estimate of drug-likeness (QED) is 0.784. The van der Waals surface area contributed by atoms with Gasteiger partial charge in [0.15, 0.2) is 6.61 Å². The molecule has 1 aliphatic carbocycles. The number of hydrogen-bond donors (Lipinski definition) is 1. The van der Waals surface area contributed by atoms with Gasteiger partial charge in [-0.2, -0.15) is 0 Å². The molecule has 0 heterocycles. The van der Waals surface area contributed by atoms with E-state index in [4.69, 9.17) is 9.47 Å². The van der Waals surface area contributed by atoms with E-state index in [-0.39, 0.29) is 0 Å². The van der Waals surface area contributed by atoms with Gasteiger partial charge in [0.2, 0.25) is 0 Å². The molecule has 6 heteroatoms. The molecular weight excluding hydrogens is 349 g/mol. The number of halogens is 1. The number of benzene rings is 2. The summed E-state index contributed by atoms with van der Waals surface area (Å²) < 4.78 is 24.6. The Hall–Kier alpha value is -2.89. The van der Waals surface area contributed by atoms with Crippen LogP contribution in [-0.2, 0) is 19.7 Å². The minimum absolute atomic E-state index is 0.350. The van der Waals surface area contributed by atoms with E-state index in [2.05, 4.69) is 5.32 Å². The summed E-state index contributed by atoms with van der Waals surface area (Å²) in [7, 11) is 1.56. The average Bonchev–Trinajstić information content (AvgIpc) is 3.18. The summed E-state index contributed by atoms with van der Waals surface area (Å²) >= 11 is 0. The highest BCUT2D eigenvalue weighted by atomic mass is 19.1. The van der Waals surface area contributed by atoms with Gasteiger partial charge < -0.3 is 14.8 Å². The van der Waals surface area contributed by atoms with Gasteiger partial charge in [0.25, 0.3) is 5.91 Å². The van der Waals surface area contributed by atoms with Gasteiger partial charge in [0.05, 0.1) is 12.5 Å². The molecule has 5 nitrogen and oxygen atoms in total. The van der Waals surface area contributed by atoms with E-state index in [9.17, 15) is 14.0 Å². The Kier molecular flexibility index (Phi) is 5.74. The van der Waals surface area contributed by atoms with Crippen molar-refractivity contribution in [2.45, 2.75) is 31.1 Å². The van der Waals surface area contributed by atoms with Crippen molar-refractivity contribution in [2.24, 2.45) is 0 Å². The van der Waals surface area contributed by atoms with E-state index in [1.54, 1.807) is 49.6 Å². The van der Waals surface area contributed by atoms with Gasteiger partial charge in [-0.15, -0.1) is 0 Å². The van der Waals surface area contributed by atoms with E-state index in [1.165, 1.54) is 6.07 Å². The third-order valence-corrected chi connectivity index (χ3v) is 4.95. The molecule has 142 valence electrons. The number of rotatable bonds is 6. The predicted octanol–water partition coefficient (Wildman–Crippen LogP) is 3.83. The Morgan fingerprint density at radius 2 is 1.74 bits per heavy atom. The molecule has 1 saturated carbocycles. The maximum atomic E-state index is 14.3. The summed E-state index contributed by atoms with van der Waals surface area (Å²) in [5.74, 6) is -0.739.